The summed E-state index contributed by atoms with van der Waals surface area (Å²) in [5, 5.41) is 10.2. The van der Waals surface area contributed by atoms with Crippen molar-refractivity contribution in [3.05, 3.63) is 70.2 Å². The van der Waals surface area contributed by atoms with Crippen LogP contribution in [0.1, 0.15) is 39.1 Å². The minimum atomic E-state index is -1.10. The monoisotopic (exact) mass is 442 g/mol. The molecule has 0 aromatic heterocycles. The average Bonchev–Trinajstić information content (AvgIpc) is 3.12. The van der Waals surface area contributed by atoms with E-state index in [1.165, 1.54) is 4.90 Å². The van der Waals surface area contributed by atoms with Gasteiger partial charge >= 0.3 is 5.97 Å². The summed E-state index contributed by atoms with van der Waals surface area (Å²) < 4.78 is 5.95. The van der Waals surface area contributed by atoms with Crippen LogP contribution >= 0.6 is 11.6 Å². The highest BCUT2D eigenvalue weighted by atomic mass is 35.5. The van der Waals surface area contributed by atoms with Crippen LogP contribution in [0.3, 0.4) is 0 Å². The van der Waals surface area contributed by atoms with E-state index in [9.17, 15) is 19.5 Å². The number of hydrogen-bond acceptors (Lipinski definition) is 4. The van der Waals surface area contributed by atoms with Crippen molar-refractivity contribution in [2.75, 3.05) is 19.7 Å². The van der Waals surface area contributed by atoms with Gasteiger partial charge in [-0.1, -0.05) is 35.4 Å². The SMILES string of the molecule is Cc1ccc(C(=O)N2C(C(=O)O)COC23CCN(C(=O)c2cccc(Cl)c2)CC3)cc1. The van der Waals surface area contributed by atoms with E-state index in [1.54, 1.807) is 41.3 Å². The lowest BCUT2D eigenvalue weighted by Crippen LogP contribution is -2.58. The van der Waals surface area contributed by atoms with Gasteiger partial charge in [-0.15, -0.1) is 0 Å². The summed E-state index contributed by atoms with van der Waals surface area (Å²) in [7, 11) is 0. The van der Waals surface area contributed by atoms with Gasteiger partial charge in [-0.2, -0.15) is 0 Å². The number of halogens is 1. The van der Waals surface area contributed by atoms with Crippen molar-refractivity contribution in [1.82, 2.24) is 9.80 Å². The van der Waals surface area contributed by atoms with Crippen molar-refractivity contribution >= 4 is 29.4 Å². The molecule has 2 amide bonds. The highest BCUT2D eigenvalue weighted by molar-refractivity contribution is 6.30. The van der Waals surface area contributed by atoms with Crippen molar-refractivity contribution in [2.24, 2.45) is 0 Å². The minimum Gasteiger partial charge on any atom is -0.480 e. The Balaban J connectivity index is 1.56. The number of amides is 2. The second-order valence-electron chi connectivity index (χ2n) is 7.95. The van der Waals surface area contributed by atoms with E-state index in [-0.39, 0.29) is 18.4 Å². The summed E-state index contributed by atoms with van der Waals surface area (Å²) in [5.74, 6) is -1.63. The molecule has 2 saturated heterocycles. The maximum absolute atomic E-state index is 13.3. The largest absolute Gasteiger partial charge is 0.480 e. The summed E-state index contributed by atoms with van der Waals surface area (Å²) in [4.78, 5) is 41.1. The molecule has 2 aromatic carbocycles. The molecule has 1 N–H and O–H groups in total. The Morgan fingerprint density at radius 1 is 1.03 bits per heavy atom. The van der Waals surface area contributed by atoms with Crippen LogP contribution < -0.4 is 0 Å². The zero-order valence-corrected chi connectivity index (χ0v) is 17.8. The van der Waals surface area contributed by atoms with Gasteiger partial charge in [-0.25, -0.2) is 4.79 Å². The lowest BCUT2D eigenvalue weighted by Gasteiger charge is -2.44. The quantitative estimate of drug-likeness (QED) is 0.788. The van der Waals surface area contributed by atoms with E-state index in [1.807, 2.05) is 19.1 Å². The number of benzene rings is 2. The topological polar surface area (TPSA) is 87.2 Å². The zero-order valence-electron chi connectivity index (χ0n) is 17.1. The third-order valence-corrected chi connectivity index (χ3v) is 6.20. The summed E-state index contributed by atoms with van der Waals surface area (Å²) in [5.41, 5.74) is 0.869. The molecule has 0 radical (unpaired) electrons. The number of nitrogens with zero attached hydrogens (tertiary/aromatic N) is 2. The van der Waals surface area contributed by atoms with Crippen LogP contribution in [-0.4, -0.2) is 64.2 Å². The van der Waals surface area contributed by atoms with Crippen LogP contribution in [0.25, 0.3) is 0 Å². The van der Waals surface area contributed by atoms with Crippen LogP contribution in [0, 0.1) is 6.92 Å². The second kappa shape index (κ2) is 8.32. The van der Waals surface area contributed by atoms with E-state index in [4.69, 9.17) is 16.3 Å². The first-order valence-electron chi connectivity index (χ1n) is 10.1. The first-order valence-corrected chi connectivity index (χ1v) is 10.5. The number of carbonyl (C=O) groups excluding carboxylic acids is 2. The molecular formula is C23H23ClN2O5. The van der Waals surface area contributed by atoms with Gasteiger partial charge in [0.2, 0.25) is 0 Å². The third-order valence-electron chi connectivity index (χ3n) is 5.97. The van der Waals surface area contributed by atoms with Crippen molar-refractivity contribution in [3.63, 3.8) is 0 Å². The number of aliphatic carboxylic acids is 1. The second-order valence-corrected chi connectivity index (χ2v) is 8.39. The predicted molar refractivity (Wildman–Crippen MR) is 114 cm³/mol. The number of carbonyl (C=O) groups is 3. The van der Waals surface area contributed by atoms with Gasteiger partial charge < -0.3 is 14.7 Å². The first kappa shape index (κ1) is 21.3. The normalized spacial score (nSPS) is 20.1. The van der Waals surface area contributed by atoms with Gasteiger partial charge in [0.15, 0.2) is 6.04 Å². The summed E-state index contributed by atoms with van der Waals surface area (Å²) in [6, 6.07) is 12.7. The van der Waals surface area contributed by atoms with Crippen molar-refractivity contribution < 1.29 is 24.2 Å². The lowest BCUT2D eigenvalue weighted by atomic mass is 9.96. The number of piperidine rings is 1. The van der Waals surface area contributed by atoms with Gasteiger partial charge in [-0.3, -0.25) is 14.5 Å². The van der Waals surface area contributed by atoms with Crippen LogP contribution in [0.15, 0.2) is 48.5 Å². The Labute approximate surface area is 185 Å². The molecule has 2 aromatic rings. The fraction of sp³-hybridized carbons (Fsp3) is 0.348. The lowest BCUT2D eigenvalue weighted by molar-refractivity contribution is -0.143. The standard InChI is InChI=1S/C23H23ClN2O5/c1-15-5-7-16(8-6-15)21(28)26-19(22(29)30)14-31-23(26)9-11-25(12-10-23)20(27)17-3-2-4-18(24)13-17/h2-8,13,19H,9-12,14H2,1H3,(H,29,30). The fourth-order valence-corrected chi connectivity index (χ4v) is 4.44. The number of aryl methyl sites for hydroxylation is 1. The molecule has 2 heterocycles. The molecule has 4 rings (SSSR count). The Kier molecular flexibility index (Phi) is 5.73. The first-order chi connectivity index (χ1) is 14.8. The Hall–Kier alpha value is -2.90. The highest BCUT2D eigenvalue weighted by Gasteiger charge is 2.54. The van der Waals surface area contributed by atoms with E-state index in [0.29, 0.717) is 42.1 Å². The van der Waals surface area contributed by atoms with Crippen molar-refractivity contribution in [1.29, 1.82) is 0 Å². The summed E-state index contributed by atoms with van der Waals surface area (Å²) in [6.45, 7) is 2.53. The molecule has 2 fully saturated rings. The Morgan fingerprint density at radius 2 is 1.71 bits per heavy atom. The van der Waals surface area contributed by atoms with Crippen LogP contribution in [0.5, 0.6) is 0 Å². The maximum Gasteiger partial charge on any atom is 0.328 e. The minimum absolute atomic E-state index is 0.0742. The molecule has 0 saturated carbocycles. The maximum atomic E-state index is 13.3. The number of rotatable bonds is 3. The van der Waals surface area contributed by atoms with E-state index >= 15 is 0 Å². The molecule has 2 aliphatic heterocycles. The molecule has 1 unspecified atom stereocenters. The fourth-order valence-electron chi connectivity index (χ4n) is 4.25. The molecule has 7 nitrogen and oxygen atoms in total. The Bertz CT molecular complexity index is 1010. The molecule has 2 aliphatic rings. The van der Waals surface area contributed by atoms with E-state index < -0.39 is 17.7 Å². The average molecular weight is 443 g/mol. The van der Waals surface area contributed by atoms with Gasteiger partial charge in [-0.05, 0) is 37.3 Å². The zero-order chi connectivity index (χ0) is 22.2. The highest BCUT2D eigenvalue weighted by Crippen LogP contribution is 2.38. The molecule has 162 valence electrons. The number of hydrogen-bond donors (Lipinski definition) is 1. The number of likely N-dealkylation sites (tertiary alicyclic amines) is 1. The molecule has 0 aliphatic carbocycles. The van der Waals surface area contributed by atoms with Crippen LogP contribution in [-0.2, 0) is 9.53 Å². The van der Waals surface area contributed by atoms with Gasteiger partial charge in [0, 0.05) is 42.1 Å². The summed E-state index contributed by atoms with van der Waals surface area (Å²) >= 11 is 6.00. The van der Waals surface area contributed by atoms with E-state index in [0.717, 1.165) is 5.56 Å². The van der Waals surface area contributed by atoms with Gasteiger partial charge in [0.05, 0.1) is 6.61 Å². The summed E-state index contributed by atoms with van der Waals surface area (Å²) in [6.07, 6.45) is 0.668. The van der Waals surface area contributed by atoms with Crippen LogP contribution in [0.4, 0.5) is 0 Å². The predicted octanol–water partition coefficient (Wildman–Crippen LogP) is 3.21. The van der Waals surface area contributed by atoms with Gasteiger partial charge in [0.25, 0.3) is 11.8 Å². The molecule has 1 spiro atoms. The van der Waals surface area contributed by atoms with Crippen molar-refractivity contribution in [3.8, 4) is 0 Å². The number of carboxylic acids is 1. The van der Waals surface area contributed by atoms with Crippen molar-refractivity contribution in [2.45, 2.75) is 31.5 Å². The smallest absolute Gasteiger partial charge is 0.328 e. The van der Waals surface area contributed by atoms with E-state index in [2.05, 4.69) is 0 Å². The number of ether oxygens (including phenoxy) is 1. The van der Waals surface area contributed by atoms with Crippen LogP contribution in [0.2, 0.25) is 5.02 Å². The third kappa shape index (κ3) is 4.03. The molecule has 8 heteroatoms. The molecular weight excluding hydrogens is 420 g/mol. The number of carboxylic acid groups (broad SMARTS) is 1. The molecule has 31 heavy (non-hydrogen) atoms. The molecule has 1 atom stereocenters. The Morgan fingerprint density at radius 3 is 2.32 bits per heavy atom. The molecule has 0 bridgehead atoms. The van der Waals surface area contributed by atoms with Gasteiger partial charge in [0.1, 0.15) is 5.72 Å².